The summed E-state index contributed by atoms with van der Waals surface area (Å²) in [5.74, 6) is 0.153. The summed E-state index contributed by atoms with van der Waals surface area (Å²) < 4.78 is 5.23. The van der Waals surface area contributed by atoms with Crippen LogP contribution >= 0.6 is 11.6 Å². The van der Waals surface area contributed by atoms with E-state index in [0.29, 0.717) is 22.0 Å². The molecule has 5 nitrogen and oxygen atoms in total. The lowest BCUT2D eigenvalue weighted by molar-refractivity contribution is -0.115. The van der Waals surface area contributed by atoms with Crippen LogP contribution < -0.4 is 15.4 Å². The minimum absolute atomic E-state index is 0.143. The SMILES string of the molecule is CNC(=O)c1ccc(Cl)c(NC(=O)Cc2ccccc2OC)c1. The summed E-state index contributed by atoms with van der Waals surface area (Å²) in [5.41, 5.74) is 1.59. The summed E-state index contributed by atoms with van der Waals surface area (Å²) in [6.07, 6.45) is 0.143. The number of methoxy groups -OCH3 is 1. The highest BCUT2D eigenvalue weighted by atomic mass is 35.5. The lowest BCUT2D eigenvalue weighted by Crippen LogP contribution is -2.19. The Balaban J connectivity index is 2.15. The Morgan fingerprint density at radius 1 is 1.17 bits per heavy atom. The zero-order chi connectivity index (χ0) is 16.8. The predicted molar refractivity (Wildman–Crippen MR) is 90.2 cm³/mol. The molecule has 0 atom stereocenters. The van der Waals surface area contributed by atoms with Gasteiger partial charge in [-0.05, 0) is 24.3 Å². The molecular weight excluding hydrogens is 316 g/mol. The lowest BCUT2D eigenvalue weighted by Gasteiger charge is -2.11. The van der Waals surface area contributed by atoms with Crippen LogP contribution in [0.2, 0.25) is 5.02 Å². The highest BCUT2D eigenvalue weighted by Crippen LogP contribution is 2.24. The number of nitrogens with one attached hydrogen (secondary N) is 2. The number of rotatable bonds is 5. The normalized spacial score (nSPS) is 10.0. The molecular formula is C17H17ClN2O3. The van der Waals surface area contributed by atoms with E-state index in [-0.39, 0.29) is 18.2 Å². The largest absolute Gasteiger partial charge is 0.496 e. The molecule has 0 aliphatic carbocycles. The van der Waals surface area contributed by atoms with Gasteiger partial charge >= 0.3 is 0 Å². The Hall–Kier alpha value is -2.53. The van der Waals surface area contributed by atoms with Crippen LogP contribution in [-0.2, 0) is 11.2 Å². The minimum Gasteiger partial charge on any atom is -0.496 e. The van der Waals surface area contributed by atoms with Crippen molar-refractivity contribution in [3.05, 3.63) is 58.6 Å². The number of amides is 2. The van der Waals surface area contributed by atoms with Crippen LogP contribution in [0.1, 0.15) is 15.9 Å². The predicted octanol–water partition coefficient (Wildman–Crippen LogP) is 2.89. The van der Waals surface area contributed by atoms with Gasteiger partial charge in [-0.3, -0.25) is 9.59 Å². The molecule has 0 spiro atoms. The number of benzene rings is 2. The topological polar surface area (TPSA) is 67.4 Å². The maximum atomic E-state index is 12.2. The number of carbonyl (C=O) groups excluding carboxylic acids is 2. The van der Waals surface area contributed by atoms with Gasteiger partial charge in [0.25, 0.3) is 5.91 Å². The first-order valence-corrected chi connectivity index (χ1v) is 7.36. The van der Waals surface area contributed by atoms with Gasteiger partial charge in [0, 0.05) is 18.2 Å². The molecule has 0 saturated carbocycles. The Morgan fingerprint density at radius 2 is 1.91 bits per heavy atom. The summed E-state index contributed by atoms with van der Waals surface area (Å²) in [6, 6.07) is 12.0. The highest BCUT2D eigenvalue weighted by Gasteiger charge is 2.12. The van der Waals surface area contributed by atoms with Crippen LogP contribution in [0, 0.1) is 0 Å². The van der Waals surface area contributed by atoms with Crippen molar-refractivity contribution in [3.8, 4) is 5.75 Å². The average molecular weight is 333 g/mol. The average Bonchev–Trinajstić information content (AvgIpc) is 2.56. The monoisotopic (exact) mass is 332 g/mol. The second-order valence-electron chi connectivity index (χ2n) is 4.81. The number of carbonyl (C=O) groups is 2. The van der Waals surface area contributed by atoms with Gasteiger partial charge in [-0.1, -0.05) is 29.8 Å². The van der Waals surface area contributed by atoms with E-state index in [1.165, 1.54) is 7.05 Å². The van der Waals surface area contributed by atoms with Crippen LogP contribution in [0.4, 0.5) is 5.69 Å². The zero-order valence-electron chi connectivity index (χ0n) is 12.9. The molecule has 2 amide bonds. The number of anilines is 1. The van der Waals surface area contributed by atoms with E-state index in [9.17, 15) is 9.59 Å². The Labute approximate surface area is 139 Å². The first-order chi connectivity index (χ1) is 11.0. The van der Waals surface area contributed by atoms with E-state index in [2.05, 4.69) is 10.6 Å². The van der Waals surface area contributed by atoms with Crippen molar-refractivity contribution >= 4 is 29.1 Å². The quantitative estimate of drug-likeness (QED) is 0.884. The summed E-state index contributed by atoms with van der Waals surface area (Å²) in [6.45, 7) is 0. The molecule has 120 valence electrons. The standard InChI is InChI=1S/C17H17ClN2O3/c1-19-17(22)12-7-8-13(18)14(9-12)20-16(21)10-11-5-3-4-6-15(11)23-2/h3-9H,10H2,1-2H3,(H,19,22)(H,20,21). The van der Waals surface area contributed by atoms with E-state index in [0.717, 1.165) is 5.56 Å². The van der Waals surface area contributed by atoms with Crippen LogP contribution in [-0.4, -0.2) is 26.0 Å². The van der Waals surface area contributed by atoms with Crippen molar-refractivity contribution in [3.63, 3.8) is 0 Å². The Bertz CT molecular complexity index is 732. The fraction of sp³-hybridized carbons (Fsp3) is 0.176. The van der Waals surface area contributed by atoms with Gasteiger partial charge in [0.2, 0.25) is 5.91 Å². The van der Waals surface area contributed by atoms with E-state index < -0.39 is 0 Å². The fourth-order valence-electron chi connectivity index (χ4n) is 2.12. The van der Waals surface area contributed by atoms with Gasteiger partial charge in [-0.25, -0.2) is 0 Å². The second kappa shape index (κ2) is 7.65. The molecule has 0 unspecified atom stereocenters. The van der Waals surface area contributed by atoms with Gasteiger partial charge in [0.1, 0.15) is 5.75 Å². The van der Waals surface area contributed by atoms with Crippen LogP contribution in [0.3, 0.4) is 0 Å². The summed E-state index contributed by atoms with van der Waals surface area (Å²) in [7, 11) is 3.09. The van der Waals surface area contributed by atoms with Crippen molar-refractivity contribution in [2.24, 2.45) is 0 Å². The first-order valence-electron chi connectivity index (χ1n) is 6.98. The highest BCUT2D eigenvalue weighted by molar-refractivity contribution is 6.33. The molecule has 2 rings (SSSR count). The van der Waals surface area contributed by atoms with Gasteiger partial charge in [0.05, 0.1) is 24.2 Å². The molecule has 23 heavy (non-hydrogen) atoms. The third kappa shape index (κ3) is 4.23. The van der Waals surface area contributed by atoms with Crippen molar-refractivity contribution in [2.75, 3.05) is 19.5 Å². The third-order valence-electron chi connectivity index (χ3n) is 3.27. The Kier molecular flexibility index (Phi) is 5.60. The molecule has 0 aliphatic rings. The van der Waals surface area contributed by atoms with E-state index in [1.807, 2.05) is 18.2 Å². The summed E-state index contributed by atoms with van der Waals surface area (Å²) >= 11 is 6.08. The molecule has 2 aromatic carbocycles. The van der Waals surface area contributed by atoms with Crippen LogP contribution in [0.5, 0.6) is 5.75 Å². The van der Waals surface area contributed by atoms with Crippen LogP contribution in [0.25, 0.3) is 0 Å². The molecule has 0 radical (unpaired) electrons. The van der Waals surface area contributed by atoms with E-state index >= 15 is 0 Å². The number of halogens is 1. The molecule has 0 fully saturated rings. The van der Waals surface area contributed by atoms with E-state index in [4.69, 9.17) is 16.3 Å². The Morgan fingerprint density at radius 3 is 2.61 bits per heavy atom. The van der Waals surface area contributed by atoms with Crippen molar-refractivity contribution in [2.45, 2.75) is 6.42 Å². The van der Waals surface area contributed by atoms with Crippen LogP contribution in [0.15, 0.2) is 42.5 Å². The molecule has 2 aromatic rings. The van der Waals surface area contributed by atoms with Gasteiger partial charge in [0.15, 0.2) is 0 Å². The maximum Gasteiger partial charge on any atom is 0.251 e. The number of hydrogen-bond donors (Lipinski definition) is 2. The number of ether oxygens (including phenoxy) is 1. The molecule has 6 heteroatoms. The van der Waals surface area contributed by atoms with Crippen molar-refractivity contribution in [1.29, 1.82) is 0 Å². The maximum absolute atomic E-state index is 12.2. The number of hydrogen-bond acceptors (Lipinski definition) is 3. The zero-order valence-corrected chi connectivity index (χ0v) is 13.6. The van der Waals surface area contributed by atoms with Crippen molar-refractivity contribution in [1.82, 2.24) is 5.32 Å². The van der Waals surface area contributed by atoms with Crippen molar-refractivity contribution < 1.29 is 14.3 Å². The summed E-state index contributed by atoms with van der Waals surface area (Å²) in [5, 5.41) is 5.61. The fourth-order valence-corrected chi connectivity index (χ4v) is 2.29. The number of para-hydroxylation sites is 1. The molecule has 0 saturated heterocycles. The molecule has 0 bridgehead atoms. The molecule has 0 aromatic heterocycles. The third-order valence-corrected chi connectivity index (χ3v) is 3.60. The molecule has 0 heterocycles. The second-order valence-corrected chi connectivity index (χ2v) is 5.22. The van der Waals surface area contributed by atoms with Gasteiger partial charge < -0.3 is 15.4 Å². The van der Waals surface area contributed by atoms with E-state index in [1.54, 1.807) is 31.4 Å². The first kappa shape index (κ1) is 16.8. The van der Waals surface area contributed by atoms with Gasteiger partial charge in [-0.15, -0.1) is 0 Å². The smallest absolute Gasteiger partial charge is 0.251 e. The lowest BCUT2D eigenvalue weighted by atomic mass is 10.1. The molecule has 0 aliphatic heterocycles. The van der Waals surface area contributed by atoms with Gasteiger partial charge in [-0.2, -0.15) is 0 Å². The minimum atomic E-state index is -0.248. The summed E-state index contributed by atoms with van der Waals surface area (Å²) in [4.78, 5) is 23.9. The molecule has 2 N–H and O–H groups in total.